The average Bonchev–Trinajstić information content (AvgIpc) is 3.19. The monoisotopic (exact) mass is 318 g/mol. The molecular formula is C15H18N4O2S. The summed E-state index contributed by atoms with van der Waals surface area (Å²) in [7, 11) is 0. The standard InChI is InChI=1S/C15H18N4O2S/c20-13-4-3-11(9-17-13)14(21)16-6-5-12-10-22-15(18-12)19-7-1-2-8-19/h3-4,9-10H,1-2,5-8H2,(H,16,21)(H,17,20). The van der Waals surface area contributed by atoms with Gasteiger partial charge in [-0.15, -0.1) is 11.3 Å². The van der Waals surface area contributed by atoms with Gasteiger partial charge in [0.15, 0.2) is 5.13 Å². The maximum Gasteiger partial charge on any atom is 0.252 e. The smallest absolute Gasteiger partial charge is 0.252 e. The van der Waals surface area contributed by atoms with Gasteiger partial charge in [0.25, 0.3) is 5.91 Å². The van der Waals surface area contributed by atoms with E-state index in [4.69, 9.17) is 0 Å². The minimum atomic E-state index is -0.214. The molecule has 0 aromatic carbocycles. The fourth-order valence-corrected chi connectivity index (χ4v) is 3.34. The van der Waals surface area contributed by atoms with E-state index >= 15 is 0 Å². The Balaban J connectivity index is 1.49. The summed E-state index contributed by atoms with van der Waals surface area (Å²) in [5.41, 5.74) is 1.25. The molecule has 6 nitrogen and oxygen atoms in total. The summed E-state index contributed by atoms with van der Waals surface area (Å²) in [5, 5.41) is 5.97. The molecule has 1 aliphatic rings. The SMILES string of the molecule is O=C(NCCc1csc(N2CCCC2)n1)c1ccc(=O)[nH]c1. The van der Waals surface area contributed by atoms with E-state index in [0.29, 0.717) is 18.5 Å². The van der Waals surface area contributed by atoms with Crippen molar-refractivity contribution < 1.29 is 4.79 Å². The third-order valence-electron chi connectivity index (χ3n) is 3.63. The molecule has 0 aliphatic carbocycles. The molecule has 22 heavy (non-hydrogen) atoms. The van der Waals surface area contributed by atoms with Gasteiger partial charge in [-0.25, -0.2) is 4.98 Å². The number of carbonyl (C=O) groups excluding carboxylic acids is 1. The van der Waals surface area contributed by atoms with Crippen molar-refractivity contribution in [2.45, 2.75) is 19.3 Å². The molecule has 3 heterocycles. The number of carbonyl (C=O) groups is 1. The van der Waals surface area contributed by atoms with Crippen molar-refractivity contribution in [3.63, 3.8) is 0 Å². The topological polar surface area (TPSA) is 78.1 Å². The summed E-state index contributed by atoms with van der Waals surface area (Å²) in [5.74, 6) is -0.189. The minimum Gasteiger partial charge on any atom is -0.352 e. The van der Waals surface area contributed by atoms with E-state index in [1.807, 2.05) is 0 Å². The summed E-state index contributed by atoms with van der Waals surface area (Å²) in [6, 6.07) is 2.86. The number of nitrogens with zero attached hydrogens (tertiary/aromatic N) is 2. The highest BCUT2D eigenvalue weighted by Gasteiger charge is 2.15. The molecule has 2 aromatic rings. The third kappa shape index (κ3) is 3.54. The maximum atomic E-state index is 11.9. The Bertz CT molecular complexity index is 683. The predicted octanol–water partition coefficient (Wildman–Crippen LogP) is 1.40. The highest BCUT2D eigenvalue weighted by atomic mass is 32.1. The quantitative estimate of drug-likeness (QED) is 0.873. The molecule has 0 saturated carbocycles. The van der Waals surface area contributed by atoms with Crippen molar-refractivity contribution in [3.05, 3.63) is 45.3 Å². The normalized spacial score (nSPS) is 14.3. The van der Waals surface area contributed by atoms with Gasteiger partial charge in [-0.3, -0.25) is 9.59 Å². The van der Waals surface area contributed by atoms with Crippen molar-refractivity contribution in [3.8, 4) is 0 Å². The number of pyridine rings is 1. The van der Waals surface area contributed by atoms with Gasteiger partial charge in [0, 0.05) is 43.7 Å². The number of thiazole rings is 1. The van der Waals surface area contributed by atoms with Gasteiger partial charge < -0.3 is 15.2 Å². The van der Waals surface area contributed by atoms with E-state index in [0.717, 1.165) is 23.9 Å². The second-order valence-electron chi connectivity index (χ2n) is 5.26. The molecule has 0 bridgehead atoms. The molecular weight excluding hydrogens is 300 g/mol. The van der Waals surface area contributed by atoms with E-state index in [1.54, 1.807) is 11.3 Å². The minimum absolute atomic E-state index is 0.189. The third-order valence-corrected chi connectivity index (χ3v) is 4.58. The Hall–Kier alpha value is -2.15. The Labute approximate surface area is 132 Å². The van der Waals surface area contributed by atoms with Crippen LogP contribution in [-0.4, -0.2) is 35.5 Å². The van der Waals surface area contributed by atoms with Gasteiger partial charge in [0.1, 0.15) is 0 Å². The fraction of sp³-hybridized carbons (Fsp3) is 0.400. The Kier molecular flexibility index (Phi) is 4.53. The number of amides is 1. The van der Waals surface area contributed by atoms with Crippen LogP contribution in [-0.2, 0) is 6.42 Å². The van der Waals surface area contributed by atoms with Crippen LogP contribution in [0.1, 0.15) is 28.9 Å². The number of H-pyrrole nitrogens is 1. The van der Waals surface area contributed by atoms with Crippen molar-refractivity contribution >= 4 is 22.4 Å². The lowest BCUT2D eigenvalue weighted by Gasteiger charge is -2.12. The first-order valence-corrected chi connectivity index (χ1v) is 8.26. The van der Waals surface area contributed by atoms with Gasteiger partial charge >= 0.3 is 0 Å². The maximum absolute atomic E-state index is 11.9. The molecule has 0 radical (unpaired) electrons. The van der Waals surface area contributed by atoms with Crippen LogP contribution in [0.2, 0.25) is 0 Å². The van der Waals surface area contributed by atoms with Crippen molar-refractivity contribution in [1.82, 2.24) is 15.3 Å². The number of rotatable bonds is 5. The summed E-state index contributed by atoms with van der Waals surface area (Å²) in [6.45, 7) is 2.72. The molecule has 1 fully saturated rings. The largest absolute Gasteiger partial charge is 0.352 e. The number of aromatic amines is 1. The average molecular weight is 318 g/mol. The summed E-state index contributed by atoms with van der Waals surface area (Å²) in [6.07, 6.45) is 4.61. The highest BCUT2D eigenvalue weighted by molar-refractivity contribution is 7.13. The van der Waals surface area contributed by atoms with E-state index in [2.05, 4.69) is 25.6 Å². The number of hydrogen-bond donors (Lipinski definition) is 2. The van der Waals surface area contributed by atoms with Crippen molar-refractivity contribution in [2.75, 3.05) is 24.5 Å². The zero-order chi connectivity index (χ0) is 15.4. The molecule has 3 rings (SSSR count). The number of nitrogens with one attached hydrogen (secondary N) is 2. The molecule has 0 atom stereocenters. The van der Waals surface area contributed by atoms with E-state index in [9.17, 15) is 9.59 Å². The van der Waals surface area contributed by atoms with Crippen LogP contribution < -0.4 is 15.8 Å². The summed E-state index contributed by atoms with van der Waals surface area (Å²) >= 11 is 1.67. The van der Waals surface area contributed by atoms with E-state index < -0.39 is 0 Å². The molecule has 1 aliphatic heterocycles. The van der Waals surface area contributed by atoms with Crippen LogP contribution in [0.4, 0.5) is 5.13 Å². The number of hydrogen-bond acceptors (Lipinski definition) is 5. The zero-order valence-corrected chi connectivity index (χ0v) is 13.0. The fourth-order valence-electron chi connectivity index (χ4n) is 2.42. The van der Waals surface area contributed by atoms with E-state index in [-0.39, 0.29) is 11.5 Å². The Morgan fingerprint density at radius 3 is 2.91 bits per heavy atom. The molecule has 116 valence electrons. The van der Waals surface area contributed by atoms with Crippen LogP contribution in [0, 0.1) is 0 Å². The second kappa shape index (κ2) is 6.74. The van der Waals surface area contributed by atoms with Crippen molar-refractivity contribution in [1.29, 1.82) is 0 Å². The number of aromatic nitrogens is 2. The van der Waals surface area contributed by atoms with Gasteiger partial charge in [-0.2, -0.15) is 0 Å². The zero-order valence-electron chi connectivity index (χ0n) is 12.2. The Morgan fingerprint density at radius 2 is 2.18 bits per heavy atom. The molecule has 2 N–H and O–H groups in total. The first-order valence-electron chi connectivity index (χ1n) is 7.39. The van der Waals surface area contributed by atoms with E-state index in [1.165, 1.54) is 31.2 Å². The van der Waals surface area contributed by atoms with Gasteiger partial charge in [0.2, 0.25) is 5.56 Å². The van der Waals surface area contributed by atoms with Gasteiger partial charge in [-0.05, 0) is 18.9 Å². The highest BCUT2D eigenvalue weighted by Crippen LogP contribution is 2.24. The Morgan fingerprint density at radius 1 is 1.36 bits per heavy atom. The van der Waals surface area contributed by atoms with Crippen molar-refractivity contribution in [2.24, 2.45) is 0 Å². The molecule has 7 heteroatoms. The summed E-state index contributed by atoms with van der Waals surface area (Å²) in [4.78, 5) is 32.3. The molecule has 1 amide bonds. The van der Waals surface area contributed by atoms with Crippen LogP contribution in [0.25, 0.3) is 0 Å². The lowest BCUT2D eigenvalue weighted by molar-refractivity contribution is 0.0953. The lowest BCUT2D eigenvalue weighted by Crippen LogP contribution is -2.26. The first-order chi connectivity index (χ1) is 10.7. The van der Waals surface area contributed by atoms with Crippen LogP contribution >= 0.6 is 11.3 Å². The molecule has 0 spiro atoms. The number of anilines is 1. The van der Waals surface area contributed by atoms with Crippen LogP contribution in [0.3, 0.4) is 0 Å². The summed E-state index contributed by atoms with van der Waals surface area (Å²) < 4.78 is 0. The van der Waals surface area contributed by atoms with Gasteiger partial charge in [0.05, 0.1) is 11.3 Å². The lowest BCUT2D eigenvalue weighted by atomic mass is 10.2. The van der Waals surface area contributed by atoms with Gasteiger partial charge in [-0.1, -0.05) is 0 Å². The first kappa shape index (κ1) is 14.8. The van der Waals surface area contributed by atoms with Crippen LogP contribution in [0.5, 0.6) is 0 Å². The predicted molar refractivity (Wildman–Crippen MR) is 86.7 cm³/mol. The molecule has 2 aromatic heterocycles. The van der Waals surface area contributed by atoms with Crippen LogP contribution in [0.15, 0.2) is 28.5 Å². The molecule has 0 unspecified atom stereocenters. The second-order valence-corrected chi connectivity index (χ2v) is 6.10. The molecule has 1 saturated heterocycles.